The van der Waals surface area contributed by atoms with E-state index >= 15 is 0 Å². The molecule has 162 valence electrons. The quantitative estimate of drug-likeness (QED) is 0.187. The molecular weight excluding hydrogens is 402 g/mol. The summed E-state index contributed by atoms with van der Waals surface area (Å²) in [7, 11) is 4.21. The maximum Gasteiger partial charge on any atom is 0.348 e. The molecule has 8 nitrogen and oxygen atoms in total. The van der Waals surface area contributed by atoms with Crippen molar-refractivity contribution in [3.05, 3.63) is 53.6 Å². The number of hydrogen-bond acceptors (Lipinski definition) is 8. The number of hydrogen-bond donors (Lipinski definition) is 0. The van der Waals surface area contributed by atoms with Gasteiger partial charge in [0.2, 0.25) is 0 Å². The van der Waals surface area contributed by atoms with Gasteiger partial charge in [0.15, 0.2) is 11.5 Å². The lowest BCUT2D eigenvalue weighted by atomic mass is 10.1. The molecule has 0 bridgehead atoms. The van der Waals surface area contributed by atoms with Crippen LogP contribution in [0.4, 0.5) is 0 Å². The van der Waals surface area contributed by atoms with Gasteiger partial charge >= 0.3 is 11.9 Å². The summed E-state index contributed by atoms with van der Waals surface area (Å²) in [6.45, 7) is 0.354. The van der Waals surface area contributed by atoms with E-state index in [1.807, 2.05) is 0 Å². The van der Waals surface area contributed by atoms with Crippen molar-refractivity contribution >= 4 is 18.0 Å². The summed E-state index contributed by atoms with van der Waals surface area (Å²) >= 11 is 0. The van der Waals surface area contributed by atoms with Gasteiger partial charge in [-0.3, -0.25) is 4.79 Å². The molecule has 0 unspecified atom stereocenters. The molecule has 0 saturated heterocycles. The van der Waals surface area contributed by atoms with Gasteiger partial charge in [-0.1, -0.05) is 6.07 Å². The summed E-state index contributed by atoms with van der Waals surface area (Å²) in [5.74, 6) is 0.765. The standard InChI is InChI=1S/C23H23NO7/c1-27-18-7-9-19(10-8-18)30-12-4-5-22(25)31-20-11-6-16(14-21(20)28-2)13-17(15-24)23(26)29-3/h6-11,13-14H,4-5,12H2,1-3H3/b17-13+. The number of nitriles is 1. The second-order valence-corrected chi connectivity index (χ2v) is 6.17. The molecule has 31 heavy (non-hydrogen) atoms. The molecule has 0 spiro atoms. The third-order valence-electron chi connectivity index (χ3n) is 4.10. The highest BCUT2D eigenvalue weighted by atomic mass is 16.6. The van der Waals surface area contributed by atoms with Crippen LogP contribution in [0.15, 0.2) is 48.0 Å². The Labute approximate surface area is 180 Å². The fraction of sp³-hybridized carbons (Fsp3) is 0.261. The number of ether oxygens (including phenoxy) is 5. The highest BCUT2D eigenvalue weighted by Gasteiger charge is 2.13. The van der Waals surface area contributed by atoms with Crippen LogP contribution in [0.5, 0.6) is 23.0 Å². The molecule has 2 aromatic rings. The van der Waals surface area contributed by atoms with Crippen LogP contribution in [0.2, 0.25) is 0 Å². The van der Waals surface area contributed by atoms with E-state index in [0.717, 1.165) is 5.75 Å². The molecule has 2 rings (SSSR count). The van der Waals surface area contributed by atoms with Crippen molar-refractivity contribution in [2.24, 2.45) is 0 Å². The average molecular weight is 425 g/mol. The molecule has 0 radical (unpaired) electrons. The average Bonchev–Trinajstić information content (AvgIpc) is 2.80. The van der Waals surface area contributed by atoms with Crippen molar-refractivity contribution < 1.29 is 33.3 Å². The van der Waals surface area contributed by atoms with E-state index in [2.05, 4.69) is 4.74 Å². The van der Waals surface area contributed by atoms with Crippen molar-refractivity contribution in [2.45, 2.75) is 12.8 Å². The van der Waals surface area contributed by atoms with Gasteiger partial charge in [-0.25, -0.2) is 4.79 Å². The van der Waals surface area contributed by atoms with Crippen LogP contribution in [0.1, 0.15) is 18.4 Å². The molecule has 2 aromatic carbocycles. The number of carbonyl (C=O) groups is 2. The second kappa shape index (κ2) is 11.9. The number of rotatable bonds is 10. The van der Waals surface area contributed by atoms with E-state index < -0.39 is 11.9 Å². The zero-order valence-corrected chi connectivity index (χ0v) is 17.5. The van der Waals surface area contributed by atoms with Crippen LogP contribution >= 0.6 is 0 Å². The Bertz CT molecular complexity index is 974. The van der Waals surface area contributed by atoms with Crippen LogP contribution in [0, 0.1) is 11.3 Å². The van der Waals surface area contributed by atoms with Crippen LogP contribution < -0.4 is 18.9 Å². The van der Waals surface area contributed by atoms with Crippen LogP contribution in [0.3, 0.4) is 0 Å². The Balaban J connectivity index is 1.91. The fourth-order valence-electron chi connectivity index (χ4n) is 2.52. The van der Waals surface area contributed by atoms with Gasteiger partial charge in [0.1, 0.15) is 23.1 Å². The lowest BCUT2D eigenvalue weighted by Crippen LogP contribution is -2.10. The Hall–Kier alpha value is -3.99. The Morgan fingerprint density at radius 2 is 1.68 bits per heavy atom. The summed E-state index contributed by atoms with van der Waals surface area (Å²) in [4.78, 5) is 23.7. The first-order chi connectivity index (χ1) is 15.0. The summed E-state index contributed by atoms with van der Waals surface area (Å²) in [6, 6.07) is 13.6. The predicted octanol–water partition coefficient (Wildman–Crippen LogP) is 3.55. The van der Waals surface area contributed by atoms with E-state index in [9.17, 15) is 9.59 Å². The van der Waals surface area contributed by atoms with E-state index in [1.54, 1.807) is 49.6 Å². The highest BCUT2D eigenvalue weighted by molar-refractivity contribution is 5.97. The smallest absolute Gasteiger partial charge is 0.348 e. The van der Waals surface area contributed by atoms with Crippen molar-refractivity contribution in [2.75, 3.05) is 27.9 Å². The minimum Gasteiger partial charge on any atom is -0.497 e. The first-order valence-corrected chi connectivity index (χ1v) is 9.36. The molecule has 0 amide bonds. The molecule has 0 saturated carbocycles. The van der Waals surface area contributed by atoms with Crippen LogP contribution in [0.25, 0.3) is 6.08 Å². The third-order valence-corrected chi connectivity index (χ3v) is 4.10. The summed E-state index contributed by atoms with van der Waals surface area (Å²) in [6.07, 6.45) is 1.98. The van der Waals surface area contributed by atoms with E-state index in [1.165, 1.54) is 26.4 Å². The normalized spacial score (nSPS) is 10.6. The Morgan fingerprint density at radius 1 is 0.968 bits per heavy atom. The molecule has 0 atom stereocenters. The Morgan fingerprint density at radius 3 is 2.29 bits per heavy atom. The molecule has 0 aliphatic heterocycles. The van der Waals surface area contributed by atoms with Crippen LogP contribution in [-0.4, -0.2) is 39.9 Å². The first kappa shape index (κ1) is 23.3. The Kier molecular flexibility index (Phi) is 8.92. The van der Waals surface area contributed by atoms with Gasteiger partial charge in [-0.2, -0.15) is 5.26 Å². The fourth-order valence-corrected chi connectivity index (χ4v) is 2.52. The molecule has 8 heteroatoms. The van der Waals surface area contributed by atoms with Crippen molar-refractivity contribution in [3.8, 4) is 29.1 Å². The number of carbonyl (C=O) groups excluding carboxylic acids is 2. The molecule has 0 aliphatic rings. The van der Waals surface area contributed by atoms with Gasteiger partial charge in [0.25, 0.3) is 0 Å². The maximum atomic E-state index is 12.1. The van der Waals surface area contributed by atoms with Gasteiger partial charge in [0, 0.05) is 6.42 Å². The highest BCUT2D eigenvalue weighted by Crippen LogP contribution is 2.29. The zero-order valence-electron chi connectivity index (χ0n) is 17.5. The number of nitrogens with zero attached hydrogens (tertiary/aromatic N) is 1. The topological polar surface area (TPSA) is 104 Å². The van der Waals surface area contributed by atoms with Crippen LogP contribution in [-0.2, 0) is 14.3 Å². The van der Waals surface area contributed by atoms with E-state index in [-0.39, 0.29) is 17.7 Å². The monoisotopic (exact) mass is 425 g/mol. The number of esters is 2. The summed E-state index contributed by atoms with van der Waals surface area (Å²) < 4.78 is 25.8. The molecule has 0 aromatic heterocycles. The largest absolute Gasteiger partial charge is 0.497 e. The molecule has 0 aliphatic carbocycles. The van der Waals surface area contributed by atoms with Gasteiger partial charge in [-0.15, -0.1) is 0 Å². The first-order valence-electron chi connectivity index (χ1n) is 9.36. The summed E-state index contributed by atoms with van der Waals surface area (Å²) in [5.41, 5.74) is 0.359. The van der Waals surface area contributed by atoms with E-state index in [0.29, 0.717) is 30.1 Å². The second-order valence-electron chi connectivity index (χ2n) is 6.17. The SMILES string of the molecule is COC(=O)/C(C#N)=C/c1ccc(OC(=O)CCCOc2ccc(OC)cc2)c(OC)c1. The molecular formula is C23H23NO7. The van der Waals surface area contributed by atoms with E-state index in [4.69, 9.17) is 24.2 Å². The predicted molar refractivity (Wildman–Crippen MR) is 112 cm³/mol. The number of methoxy groups -OCH3 is 3. The van der Waals surface area contributed by atoms with Gasteiger partial charge in [-0.05, 0) is 54.5 Å². The van der Waals surface area contributed by atoms with Gasteiger partial charge < -0.3 is 23.7 Å². The minimum atomic E-state index is -0.742. The van der Waals surface area contributed by atoms with Gasteiger partial charge in [0.05, 0.1) is 27.9 Å². The van der Waals surface area contributed by atoms with Crippen molar-refractivity contribution in [1.82, 2.24) is 0 Å². The lowest BCUT2D eigenvalue weighted by molar-refractivity contribution is -0.136. The number of benzene rings is 2. The van der Waals surface area contributed by atoms with Crippen molar-refractivity contribution in [3.63, 3.8) is 0 Å². The summed E-state index contributed by atoms with van der Waals surface area (Å²) in [5, 5.41) is 9.05. The zero-order chi connectivity index (χ0) is 22.6. The minimum absolute atomic E-state index is 0.155. The lowest BCUT2D eigenvalue weighted by Gasteiger charge is -2.10. The third kappa shape index (κ3) is 7.08. The van der Waals surface area contributed by atoms with Crippen molar-refractivity contribution in [1.29, 1.82) is 5.26 Å². The molecule has 0 heterocycles. The maximum absolute atomic E-state index is 12.1. The molecule has 0 fully saturated rings. The molecule has 0 N–H and O–H groups in total.